The zero-order valence-electron chi connectivity index (χ0n) is 22.0. The lowest BCUT2D eigenvalue weighted by atomic mass is 10.1. The van der Waals surface area contributed by atoms with Crippen LogP contribution in [0.3, 0.4) is 0 Å². The smallest absolute Gasteiger partial charge is 0.322 e. The number of anilines is 2. The Hall–Kier alpha value is -2.74. The van der Waals surface area contributed by atoms with Crippen molar-refractivity contribution in [2.75, 3.05) is 49.5 Å². The second-order valence-electron chi connectivity index (χ2n) is 9.89. The molecular weight excluding hydrogens is 507 g/mol. The van der Waals surface area contributed by atoms with Crippen LogP contribution in [0, 0.1) is 12.8 Å². The van der Waals surface area contributed by atoms with E-state index in [0.717, 1.165) is 55.5 Å². The molecule has 3 aromatic rings. The molecule has 2 amide bonds. The van der Waals surface area contributed by atoms with Gasteiger partial charge in [0.05, 0.1) is 28.0 Å². The van der Waals surface area contributed by atoms with E-state index in [1.54, 1.807) is 18.2 Å². The van der Waals surface area contributed by atoms with E-state index >= 15 is 0 Å². The first-order valence-electron chi connectivity index (χ1n) is 12.9. The van der Waals surface area contributed by atoms with Crippen molar-refractivity contribution in [3.05, 3.63) is 69.8 Å². The molecule has 1 aliphatic rings. The average Bonchev–Trinajstić information content (AvgIpc) is 3.21. The Morgan fingerprint density at radius 3 is 2.38 bits per heavy atom. The molecule has 0 radical (unpaired) electrons. The molecule has 1 aliphatic heterocycles. The molecule has 1 aromatic heterocycles. The molecule has 1 saturated heterocycles. The molecule has 1 N–H and O–H groups in total. The number of likely N-dealkylation sites (N-methyl/N-ethyl adjacent to an activating group) is 1. The number of amides is 2. The van der Waals surface area contributed by atoms with Crippen LogP contribution in [0.5, 0.6) is 0 Å². The quantitative estimate of drug-likeness (QED) is 0.361. The van der Waals surface area contributed by atoms with Crippen LogP contribution >= 0.6 is 23.2 Å². The van der Waals surface area contributed by atoms with Gasteiger partial charge in [0.15, 0.2) is 0 Å². The second kappa shape index (κ2) is 12.2. The average molecular weight is 544 g/mol. The molecule has 9 heteroatoms. The van der Waals surface area contributed by atoms with Gasteiger partial charge in [-0.15, -0.1) is 0 Å². The Bertz CT molecular complexity index is 1200. The van der Waals surface area contributed by atoms with Crippen molar-refractivity contribution in [3.8, 4) is 5.69 Å². The summed E-state index contributed by atoms with van der Waals surface area (Å²) in [5, 5.41) is 8.83. The van der Waals surface area contributed by atoms with Crippen LogP contribution in [-0.4, -0.2) is 64.9 Å². The first-order chi connectivity index (χ1) is 17.8. The summed E-state index contributed by atoms with van der Waals surface area (Å²) in [6.45, 7) is 14.4. The predicted molar refractivity (Wildman–Crippen MR) is 153 cm³/mol. The van der Waals surface area contributed by atoms with Gasteiger partial charge in [-0.1, -0.05) is 62.2 Å². The van der Waals surface area contributed by atoms with Gasteiger partial charge in [-0.25, -0.2) is 9.48 Å². The molecule has 198 valence electrons. The number of urea groups is 1. The van der Waals surface area contributed by atoms with Crippen molar-refractivity contribution >= 4 is 40.7 Å². The van der Waals surface area contributed by atoms with Gasteiger partial charge in [0.25, 0.3) is 0 Å². The van der Waals surface area contributed by atoms with Crippen LogP contribution < -0.4 is 10.2 Å². The summed E-state index contributed by atoms with van der Waals surface area (Å²) in [7, 11) is 0. The number of nitrogens with one attached hydrogen (secondary N) is 1. The first-order valence-corrected chi connectivity index (χ1v) is 13.6. The Morgan fingerprint density at radius 1 is 1.05 bits per heavy atom. The molecule has 0 aliphatic carbocycles. The topological polar surface area (TPSA) is 56.6 Å². The maximum atomic E-state index is 13.5. The van der Waals surface area contributed by atoms with Crippen LogP contribution in [0.4, 0.5) is 16.3 Å². The molecule has 0 bridgehead atoms. The minimum absolute atomic E-state index is 0.180. The zero-order chi connectivity index (χ0) is 26.5. The lowest BCUT2D eigenvalue weighted by Gasteiger charge is -2.36. The number of halogens is 2. The number of carbonyl (C=O) groups is 1. The maximum Gasteiger partial charge on any atom is 0.322 e. The van der Waals surface area contributed by atoms with Crippen LogP contribution in [0.1, 0.15) is 32.0 Å². The van der Waals surface area contributed by atoms with Gasteiger partial charge in [-0.2, -0.15) is 5.10 Å². The lowest BCUT2D eigenvalue weighted by molar-refractivity contribution is 0.201. The van der Waals surface area contributed by atoms with E-state index < -0.39 is 0 Å². The van der Waals surface area contributed by atoms with Gasteiger partial charge in [0, 0.05) is 44.0 Å². The van der Waals surface area contributed by atoms with E-state index in [-0.39, 0.29) is 6.03 Å². The Labute approximate surface area is 229 Å². The normalized spacial score (nSPS) is 14.3. The highest BCUT2D eigenvalue weighted by Gasteiger charge is 2.28. The van der Waals surface area contributed by atoms with Crippen LogP contribution in [-0.2, 0) is 6.54 Å². The molecule has 2 heterocycles. The number of rotatable bonds is 8. The minimum Gasteiger partial charge on any atom is -0.354 e. The molecule has 0 spiro atoms. The fourth-order valence-corrected chi connectivity index (χ4v) is 5.01. The fourth-order valence-electron chi connectivity index (χ4n) is 4.71. The standard InChI is InChI=1S/C28H36Cl2N6O/c1-5-33-13-15-34(16-14-33)27-24(21(4)32-36(27)23-9-7-6-8-10-23)19-35(18-20(2)3)28(37)31-22-11-12-25(29)26(30)17-22/h6-12,17,20H,5,13-16,18-19H2,1-4H3,(H,31,37). The predicted octanol–water partition coefficient (Wildman–Crippen LogP) is 6.32. The number of aromatic nitrogens is 2. The fraction of sp³-hybridized carbons (Fsp3) is 0.429. The van der Waals surface area contributed by atoms with E-state index in [4.69, 9.17) is 28.3 Å². The molecule has 7 nitrogen and oxygen atoms in total. The maximum absolute atomic E-state index is 13.5. The first kappa shape index (κ1) is 27.3. The molecule has 1 fully saturated rings. The van der Waals surface area contributed by atoms with Gasteiger partial charge >= 0.3 is 6.03 Å². The Balaban J connectivity index is 1.68. The zero-order valence-corrected chi connectivity index (χ0v) is 23.6. The number of benzene rings is 2. The van der Waals surface area contributed by atoms with Crippen LogP contribution in [0.2, 0.25) is 10.0 Å². The molecule has 0 saturated carbocycles. The molecule has 37 heavy (non-hydrogen) atoms. The summed E-state index contributed by atoms with van der Waals surface area (Å²) in [4.78, 5) is 20.2. The van der Waals surface area contributed by atoms with Gasteiger partial charge < -0.3 is 20.0 Å². The molecular formula is C28H36Cl2N6O. The highest BCUT2D eigenvalue weighted by atomic mass is 35.5. The van der Waals surface area contributed by atoms with Gasteiger partial charge in [0.1, 0.15) is 5.82 Å². The molecule has 2 aromatic carbocycles. The summed E-state index contributed by atoms with van der Waals surface area (Å²) in [6.07, 6.45) is 0. The lowest BCUT2D eigenvalue weighted by Crippen LogP contribution is -2.47. The Morgan fingerprint density at radius 2 is 1.76 bits per heavy atom. The van der Waals surface area contributed by atoms with Gasteiger partial charge in [-0.05, 0) is 49.7 Å². The van der Waals surface area contributed by atoms with E-state index in [9.17, 15) is 4.79 Å². The van der Waals surface area contributed by atoms with E-state index in [0.29, 0.717) is 34.7 Å². The minimum atomic E-state index is -0.180. The number of carbonyl (C=O) groups excluding carboxylic acids is 1. The largest absolute Gasteiger partial charge is 0.354 e. The summed E-state index contributed by atoms with van der Waals surface area (Å²) in [5.41, 5.74) is 3.62. The van der Waals surface area contributed by atoms with Crippen LogP contribution in [0.25, 0.3) is 5.69 Å². The van der Waals surface area contributed by atoms with Crippen molar-refractivity contribution in [1.29, 1.82) is 0 Å². The van der Waals surface area contributed by atoms with E-state index in [1.165, 1.54) is 0 Å². The third-order valence-electron chi connectivity index (χ3n) is 6.67. The van der Waals surface area contributed by atoms with Crippen molar-refractivity contribution < 1.29 is 4.79 Å². The van der Waals surface area contributed by atoms with Crippen LogP contribution in [0.15, 0.2) is 48.5 Å². The second-order valence-corrected chi connectivity index (χ2v) is 10.7. The SMILES string of the molecule is CCN1CCN(c2c(CN(CC(C)C)C(=O)Nc3ccc(Cl)c(Cl)c3)c(C)nn2-c2ccccc2)CC1. The third-order valence-corrected chi connectivity index (χ3v) is 7.41. The highest BCUT2D eigenvalue weighted by molar-refractivity contribution is 6.42. The molecule has 4 rings (SSSR count). The van der Waals surface area contributed by atoms with Crippen molar-refractivity contribution in [3.63, 3.8) is 0 Å². The van der Waals surface area contributed by atoms with Gasteiger partial charge in [0.2, 0.25) is 0 Å². The number of hydrogen-bond donors (Lipinski definition) is 1. The summed E-state index contributed by atoms with van der Waals surface area (Å²) in [6, 6.07) is 15.2. The molecule has 0 atom stereocenters. The Kier molecular flexibility index (Phi) is 9.00. The van der Waals surface area contributed by atoms with Crippen molar-refractivity contribution in [1.82, 2.24) is 19.6 Å². The number of piperazine rings is 1. The van der Waals surface area contributed by atoms with Gasteiger partial charge in [-0.3, -0.25) is 0 Å². The van der Waals surface area contributed by atoms with E-state index in [2.05, 4.69) is 48.0 Å². The van der Waals surface area contributed by atoms with E-state index in [1.807, 2.05) is 34.7 Å². The summed E-state index contributed by atoms with van der Waals surface area (Å²) < 4.78 is 2.04. The number of hydrogen-bond acceptors (Lipinski definition) is 4. The third kappa shape index (κ3) is 6.58. The summed E-state index contributed by atoms with van der Waals surface area (Å²) >= 11 is 12.2. The number of nitrogens with zero attached hydrogens (tertiary/aromatic N) is 5. The van der Waals surface area contributed by atoms with Crippen molar-refractivity contribution in [2.45, 2.75) is 34.2 Å². The monoisotopic (exact) mass is 542 g/mol. The molecule has 0 unspecified atom stereocenters. The highest BCUT2D eigenvalue weighted by Crippen LogP contribution is 2.30. The number of para-hydroxylation sites is 1. The summed E-state index contributed by atoms with van der Waals surface area (Å²) in [5.74, 6) is 1.36. The van der Waals surface area contributed by atoms with Crippen molar-refractivity contribution in [2.24, 2.45) is 5.92 Å². The number of aryl methyl sites for hydroxylation is 1.